The van der Waals surface area contributed by atoms with Crippen molar-refractivity contribution in [2.75, 3.05) is 0 Å². The highest BCUT2D eigenvalue weighted by Gasteiger charge is 2.31. The van der Waals surface area contributed by atoms with E-state index in [1.807, 2.05) is 0 Å². The van der Waals surface area contributed by atoms with E-state index in [2.05, 4.69) is 4.72 Å². The van der Waals surface area contributed by atoms with Gasteiger partial charge in [-0.2, -0.15) is 0 Å². The Hall–Kier alpha value is -2.66. The molecule has 0 saturated heterocycles. The molecule has 0 aliphatic rings. The fourth-order valence-electron chi connectivity index (χ4n) is 2.31. The first-order valence-electron chi connectivity index (χ1n) is 9.27. The molecule has 0 spiro atoms. The number of rotatable bonds is 8. The Balaban J connectivity index is 2.15. The Labute approximate surface area is 185 Å². The normalized spacial score (nSPS) is 12.4. The highest BCUT2D eigenvalue weighted by molar-refractivity contribution is 7.97. The fourth-order valence-corrected chi connectivity index (χ4v) is 3.11. The maximum atomic E-state index is 13.9. The van der Waals surface area contributed by atoms with Crippen LogP contribution in [0.1, 0.15) is 32.8 Å². The molecule has 32 heavy (non-hydrogen) atoms. The summed E-state index contributed by atoms with van der Waals surface area (Å²) >= 11 is -0.0257. The van der Waals surface area contributed by atoms with E-state index in [1.165, 1.54) is 0 Å². The van der Waals surface area contributed by atoms with Crippen molar-refractivity contribution in [3.63, 3.8) is 0 Å². The van der Waals surface area contributed by atoms with E-state index >= 15 is 0 Å². The third-order valence-corrected chi connectivity index (χ3v) is 4.74. The Morgan fingerprint density at radius 2 is 1.47 bits per heavy atom. The number of ether oxygens (including phenoxy) is 2. The molecule has 2 aromatic rings. The van der Waals surface area contributed by atoms with E-state index < -0.39 is 64.0 Å². The molecule has 0 aliphatic heterocycles. The van der Waals surface area contributed by atoms with Gasteiger partial charge < -0.3 is 9.47 Å². The van der Waals surface area contributed by atoms with Crippen molar-refractivity contribution >= 4 is 23.9 Å². The van der Waals surface area contributed by atoms with Crippen LogP contribution in [-0.2, 0) is 25.7 Å². The van der Waals surface area contributed by atoms with Gasteiger partial charge in [0.15, 0.2) is 23.3 Å². The van der Waals surface area contributed by atoms with Gasteiger partial charge in [0.25, 0.3) is 0 Å². The molecule has 2 rings (SSSR count). The van der Waals surface area contributed by atoms with Gasteiger partial charge in [0, 0.05) is 0 Å². The molecule has 0 aromatic heterocycles. The topological polar surface area (TPSA) is 64.6 Å². The number of hydrogen-bond acceptors (Lipinski definition) is 6. The van der Waals surface area contributed by atoms with Crippen molar-refractivity contribution in [2.24, 2.45) is 0 Å². The van der Waals surface area contributed by atoms with Gasteiger partial charge in [-0.25, -0.2) is 26.7 Å². The van der Waals surface area contributed by atoms with Gasteiger partial charge in [-0.3, -0.25) is 9.59 Å². The van der Waals surface area contributed by atoms with Gasteiger partial charge in [-0.05, 0) is 38.3 Å². The third kappa shape index (κ3) is 6.92. The fraction of sp³-hybridized carbons (Fsp3) is 0.333. The summed E-state index contributed by atoms with van der Waals surface area (Å²) in [6, 6.07) is 7.14. The first kappa shape index (κ1) is 25.6. The average Bonchev–Trinajstić information content (AvgIpc) is 2.73. The lowest BCUT2D eigenvalue weighted by molar-refractivity contribution is -0.160. The van der Waals surface area contributed by atoms with E-state index in [9.17, 15) is 31.5 Å². The monoisotopic (exact) mass is 477 g/mol. The molecular formula is C21H20F5NO4S. The smallest absolute Gasteiger partial charge is 0.325 e. The summed E-state index contributed by atoms with van der Waals surface area (Å²) < 4.78 is 80.3. The molecule has 1 N–H and O–H groups in total. The van der Waals surface area contributed by atoms with Crippen LogP contribution in [0, 0.1) is 29.1 Å². The maximum Gasteiger partial charge on any atom is 0.325 e. The maximum absolute atomic E-state index is 13.9. The van der Waals surface area contributed by atoms with Crippen molar-refractivity contribution in [3.05, 3.63) is 65.0 Å². The third-order valence-electron chi connectivity index (χ3n) is 3.78. The summed E-state index contributed by atoms with van der Waals surface area (Å²) in [7, 11) is 0. The molecule has 2 aromatic carbocycles. The number of benzene rings is 2. The zero-order valence-electron chi connectivity index (χ0n) is 17.3. The Morgan fingerprint density at radius 1 is 0.938 bits per heavy atom. The van der Waals surface area contributed by atoms with Gasteiger partial charge in [-0.15, -0.1) is 0 Å². The van der Waals surface area contributed by atoms with E-state index in [-0.39, 0.29) is 18.6 Å². The predicted octanol–water partition coefficient (Wildman–Crippen LogP) is 4.82. The summed E-state index contributed by atoms with van der Waals surface area (Å²) in [5.74, 6) is -12.6. The second-order valence-corrected chi connectivity index (χ2v) is 8.40. The van der Waals surface area contributed by atoms with Crippen LogP contribution in [0.3, 0.4) is 0 Å². The van der Waals surface area contributed by atoms with Crippen LogP contribution >= 0.6 is 11.9 Å². The molecule has 0 heterocycles. The average molecular weight is 477 g/mol. The Kier molecular flexibility index (Phi) is 8.62. The van der Waals surface area contributed by atoms with Gasteiger partial charge in [0.05, 0.1) is 6.42 Å². The summed E-state index contributed by atoms with van der Waals surface area (Å²) in [6.07, 6.45) is -0.621. The first-order valence-corrected chi connectivity index (χ1v) is 10.1. The minimum atomic E-state index is -2.31. The number of esters is 2. The van der Waals surface area contributed by atoms with Gasteiger partial charge in [0.1, 0.15) is 23.1 Å². The highest BCUT2D eigenvalue weighted by Crippen LogP contribution is 2.30. The second kappa shape index (κ2) is 10.8. The number of halogens is 5. The number of nitrogens with one attached hydrogen (secondary N) is 1. The zero-order chi connectivity index (χ0) is 24.1. The van der Waals surface area contributed by atoms with Crippen LogP contribution in [0.5, 0.6) is 0 Å². The van der Waals surface area contributed by atoms with Crippen molar-refractivity contribution in [1.29, 1.82) is 0 Å². The van der Waals surface area contributed by atoms with E-state index in [0.717, 1.165) is 0 Å². The molecular weight excluding hydrogens is 457 g/mol. The molecule has 0 aliphatic carbocycles. The van der Waals surface area contributed by atoms with Crippen LogP contribution in [0.25, 0.3) is 0 Å². The van der Waals surface area contributed by atoms with Crippen LogP contribution in [-0.4, -0.2) is 23.6 Å². The lowest BCUT2D eigenvalue weighted by Crippen LogP contribution is -2.40. The largest absolute Gasteiger partial charge is 0.461 e. The van der Waals surface area contributed by atoms with Crippen LogP contribution < -0.4 is 4.72 Å². The minimum Gasteiger partial charge on any atom is -0.461 e. The van der Waals surface area contributed by atoms with Crippen molar-refractivity contribution in [1.82, 2.24) is 4.72 Å². The number of carbonyl (C=O) groups is 2. The standard InChI is InChI=1S/C21H20F5NO4S/c1-21(2,3)31-20(29)12(9-13(28)30-10-11-7-5-4-6-8-11)27-32-19-17(25)15(23)14(22)16(24)18(19)26/h4-8,12,27H,9-10H2,1-3H3. The molecule has 0 fully saturated rings. The highest BCUT2D eigenvalue weighted by atomic mass is 32.2. The van der Waals surface area contributed by atoms with Crippen LogP contribution in [0.15, 0.2) is 35.2 Å². The molecule has 174 valence electrons. The molecule has 0 radical (unpaired) electrons. The van der Waals surface area contributed by atoms with Crippen molar-refractivity contribution in [2.45, 2.75) is 50.3 Å². The molecule has 0 saturated carbocycles. The molecule has 0 bridgehead atoms. The molecule has 0 amide bonds. The van der Waals surface area contributed by atoms with E-state index in [0.29, 0.717) is 5.56 Å². The summed E-state index contributed by atoms with van der Waals surface area (Å²) in [5, 5.41) is 0. The molecule has 1 atom stereocenters. The SMILES string of the molecule is CC(C)(C)OC(=O)C(CC(=O)OCc1ccccc1)NSc1c(F)c(F)c(F)c(F)c1F. The predicted molar refractivity (Wildman–Crippen MR) is 106 cm³/mol. The van der Waals surface area contributed by atoms with Crippen LogP contribution in [0.2, 0.25) is 0 Å². The van der Waals surface area contributed by atoms with Gasteiger partial charge in [0.2, 0.25) is 5.82 Å². The Morgan fingerprint density at radius 3 is 2.00 bits per heavy atom. The molecule has 1 unspecified atom stereocenters. The minimum absolute atomic E-state index is 0.0257. The lowest BCUT2D eigenvalue weighted by Gasteiger charge is -2.24. The zero-order valence-corrected chi connectivity index (χ0v) is 18.1. The summed E-state index contributed by atoms with van der Waals surface area (Å²) in [5.41, 5.74) is -0.293. The van der Waals surface area contributed by atoms with Crippen molar-refractivity contribution in [3.8, 4) is 0 Å². The van der Waals surface area contributed by atoms with Crippen molar-refractivity contribution < 1.29 is 41.0 Å². The number of carbonyl (C=O) groups excluding carboxylic acids is 2. The quantitative estimate of drug-likeness (QED) is 0.193. The first-order chi connectivity index (χ1) is 14.9. The van der Waals surface area contributed by atoms with Crippen LogP contribution in [0.4, 0.5) is 22.0 Å². The molecule has 11 heteroatoms. The Bertz CT molecular complexity index is 953. The van der Waals surface area contributed by atoms with E-state index in [4.69, 9.17) is 9.47 Å². The van der Waals surface area contributed by atoms with Gasteiger partial charge >= 0.3 is 11.9 Å². The summed E-state index contributed by atoms with van der Waals surface area (Å²) in [4.78, 5) is 23.4. The summed E-state index contributed by atoms with van der Waals surface area (Å²) in [6.45, 7) is 4.55. The second-order valence-electron chi connectivity index (χ2n) is 7.56. The van der Waals surface area contributed by atoms with Gasteiger partial charge in [-0.1, -0.05) is 30.3 Å². The van der Waals surface area contributed by atoms with E-state index in [1.54, 1.807) is 51.1 Å². The lowest BCUT2D eigenvalue weighted by atomic mass is 10.1. The molecule has 5 nitrogen and oxygen atoms in total. The number of hydrogen-bond donors (Lipinski definition) is 1.